The Morgan fingerprint density at radius 2 is 1.52 bits per heavy atom. The minimum Gasteiger partial charge on any atom is -0.451 e. The van der Waals surface area contributed by atoms with Gasteiger partial charge in [-0.1, -0.05) is 60.7 Å². The van der Waals surface area contributed by atoms with Crippen molar-refractivity contribution in [1.29, 1.82) is 0 Å². The number of carbonyl (C=O) groups excluding carboxylic acids is 2. The van der Waals surface area contributed by atoms with Crippen molar-refractivity contribution in [1.82, 2.24) is 5.32 Å². The number of benzene rings is 3. The van der Waals surface area contributed by atoms with Crippen molar-refractivity contribution in [3.8, 4) is 0 Å². The summed E-state index contributed by atoms with van der Waals surface area (Å²) in [6.45, 7) is 1.92. The van der Waals surface area contributed by atoms with Gasteiger partial charge in [-0.05, 0) is 36.8 Å². The van der Waals surface area contributed by atoms with Gasteiger partial charge in [0.15, 0.2) is 5.76 Å². The number of para-hydroxylation sites is 2. The van der Waals surface area contributed by atoms with Crippen molar-refractivity contribution in [3.63, 3.8) is 0 Å². The molecule has 0 aliphatic rings. The first-order valence-electron chi connectivity index (χ1n) is 9.36. The molecule has 2 N–H and O–H groups in total. The fourth-order valence-electron chi connectivity index (χ4n) is 3.17. The van der Waals surface area contributed by atoms with Gasteiger partial charge in [0.1, 0.15) is 5.58 Å². The van der Waals surface area contributed by atoms with Gasteiger partial charge in [-0.3, -0.25) is 9.59 Å². The molecule has 2 amide bonds. The number of amides is 2. The van der Waals surface area contributed by atoms with Gasteiger partial charge in [0.05, 0.1) is 17.3 Å². The lowest BCUT2D eigenvalue weighted by Crippen LogP contribution is -2.28. The molecule has 1 atom stereocenters. The number of furan rings is 1. The standard InChI is InChI=1S/C24H20N2O3/c1-16(17-9-3-2-4-10-17)25-23(27)19-12-6-7-13-20(19)26-24(28)22-15-18-11-5-8-14-21(18)29-22/h2-16H,1H3,(H,25,27)(H,26,28)/t16-/m0/s1. The summed E-state index contributed by atoms with van der Waals surface area (Å²) in [5.41, 5.74) is 2.46. The summed E-state index contributed by atoms with van der Waals surface area (Å²) in [7, 11) is 0. The lowest BCUT2D eigenvalue weighted by Gasteiger charge is -2.16. The molecule has 1 aromatic heterocycles. The molecule has 4 rings (SSSR count). The first-order chi connectivity index (χ1) is 14.1. The van der Waals surface area contributed by atoms with Gasteiger partial charge >= 0.3 is 0 Å². The molecule has 4 aromatic rings. The Morgan fingerprint density at radius 1 is 0.828 bits per heavy atom. The molecule has 144 valence electrons. The number of hydrogen-bond donors (Lipinski definition) is 2. The highest BCUT2D eigenvalue weighted by Crippen LogP contribution is 2.22. The smallest absolute Gasteiger partial charge is 0.291 e. The molecule has 0 aliphatic heterocycles. The number of rotatable bonds is 5. The Kier molecular flexibility index (Phi) is 5.12. The fourth-order valence-corrected chi connectivity index (χ4v) is 3.17. The van der Waals surface area contributed by atoms with Crippen LogP contribution in [0.1, 0.15) is 39.4 Å². The highest BCUT2D eigenvalue weighted by atomic mass is 16.3. The second kappa shape index (κ2) is 8.02. The molecule has 0 radical (unpaired) electrons. The first kappa shape index (κ1) is 18.5. The topological polar surface area (TPSA) is 71.3 Å². The van der Waals surface area contributed by atoms with E-state index in [-0.39, 0.29) is 17.7 Å². The van der Waals surface area contributed by atoms with Gasteiger partial charge < -0.3 is 15.1 Å². The summed E-state index contributed by atoms with van der Waals surface area (Å²) >= 11 is 0. The van der Waals surface area contributed by atoms with Crippen LogP contribution in [-0.2, 0) is 0 Å². The number of fused-ring (bicyclic) bond motifs is 1. The van der Waals surface area contributed by atoms with Gasteiger partial charge in [-0.25, -0.2) is 0 Å². The van der Waals surface area contributed by atoms with Crippen molar-refractivity contribution >= 4 is 28.5 Å². The zero-order chi connectivity index (χ0) is 20.2. The lowest BCUT2D eigenvalue weighted by atomic mass is 10.1. The van der Waals surface area contributed by atoms with Gasteiger partial charge in [-0.15, -0.1) is 0 Å². The van der Waals surface area contributed by atoms with E-state index in [4.69, 9.17) is 4.42 Å². The normalized spacial score (nSPS) is 11.8. The molecule has 5 heteroatoms. The van der Waals surface area contributed by atoms with Crippen molar-refractivity contribution < 1.29 is 14.0 Å². The monoisotopic (exact) mass is 384 g/mol. The van der Waals surface area contributed by atoms with Crippen LogP contribution < -0.4 is 10.6 Å². The third-order valence-corrected chi connectivity index (χ3v) is 4.72. The first-order valence-corrected chi connectivity index (χ1v) is 9.36. The number of carbonyl (C=O) groups is 2. The zero-order valence-corrected chi connectivity index (χ0v) is 15.9. The average molecular weight is 384 g/mol. The summed E-state index contributed by atoms with van der Waals surface area (Å²) in [6, 6.07) is 25.6. The molecule has 1 heterocycles. The molecule has 0 spiro atoms. The fraction of sp³-hybridized carbons (Fsp3) is 0.0833. The predicted octanol–water partition coefficient (Wildman–Crippen LogP) is 5.18. The van der Waals surface area contributed by atoms with E-state index in [9.17, 15) is 9.59 Å². The van der Waals surface area contributed by atoms with E-state index in [1.807, 2.05) is 55.5 Å². The van der Waals surface area contributed by atoms with Crippen LogP contribution in [0.25, 0.3) is 11.0 Å². The van der Waals surface area contributed by atoms with Crippen LogP contribution in [0.5, 0.6) is 0 Å². The van der Waals surface area contributed by atoms with E-state index < -0.39 is 5.91 Å². The van der Waals surface area contributed by atoms with E-state index in [0.717, 1.165) is 10.9 Å². The number of hydrogen-bond acceptors (Lipinski definition) is 3. The Labute approximate surface area is 168 Å². The molecule has 0 saturated carbocycles. The summed E-state index contributed by atoms with van der Waals surface area (Å²) in [6.07, 6.45) is 0. The second-order valence-electron chi connectivity index (χ2n) is 6.75. The summed E-state index contributed by atoms with van der Waals surface area (Å²) < 4.78 is 5.61. The Hall–Kier alpha value is -3.86. The molecular weight excluding hydrogens is 364 g/mol. The van der Waals surface area contributed by atoms with E-state index in [2.05, 4.69) is 10.6 Å². The summed E-state index contributed by atoms with van der Waals surface area (Å²) in [5.74, 6) is -0.474. The van der Waals surface area contributed by atoms with Crippen molar-refractivity contribution in [2.45, 2.75) is 13.0 Å². The van der Waals surface area contributed by atoms with Crippen molar-refractivity contribution in [3.05, 3.63) is 102 Å². The van der Waals surface area contributed by atoms with Crippen LogP contribution in [-0.4, -0.2) is 11.8 Å². The molecule has 0 aliphatic carbocycles. The minimum absolute atomic E-state index is 0.164. The maximum atomic E-state index is 12.8. The van der Waals surface area contributed by atoms with Crippen LogP contribution in [0.2, 0.25) is 0 Å². The zero-order valence-electron chi connectivity index (χ0n) is 15.9. The third-order valence-electron chi connectivity index (χ3n) is 4.72. The van der Waals surface area contributed by atoms with E-state index in [1.54, 1.807) is 36.4 Å². The average Bonchev–Trinajstić information content (AvgIpc) is 3.19. The van der Waals surface area contributed by atoms with E-state index in [1.165, 1.54) is 0 Å². The van der Waals surface area contributed by atoms with Crippen LogP contribution in [0.4, 0.5) is 5.69 Å². The van der Waals surface area contributed by atoms with Gasteiger partial charge in [0.2, 0.25) is 0 Å². The van der Waals surface area contributed by atoms with Crippen molar-refractivity contribution in [2.24, 2.45) is 0 Å². The van der Waals surface area contributed by atoms with Crippen molar-refractivity contribution in [2.75, 3.05) is 5.32 Å². The SMILES string of the molecule is C[C@H](NC(=O)c1ccccc1NC(=O)c1cc2ccccc2o1)c1ccccc1. The second-order valence-corrected chi connectivity index (χ2v) is 6.75. The van der Waals surface area contributed by atoms with Crippen LogP contribution in [0, 0.1) is 0 Å². The van der Waals surface area contributed by atoms with E-state index >= 15 is 0 Å². The highest BCUT2D eigenvalue weighted by molar-refractivity contribution is 6.09. The molecule has 3 aromatic carbocycles. The van der Waals surface area contributed by atoms with Gasteiger partial charge in [-0.2, -0.15) is 0 Å². The third kappa shape index (κ3) is 4.04. The van der Waals surface area contributed by atoms with Gasteiger partial charge in [0.25, 0.3) is 11.8 Å². The van der Waals surface area contributed by atoms with Crippen LogP contribution in [0.15, 0.2) is 89.3 Å². The van der Waals surface area contributed by atoms with Gasteiger partial charge in [0, 0.05) is 5.39 Å². The molecule has 0 fully saturated rings. The number of anilines is 1. The largest absolute Gasteiger partial charge is 0.451 e. The lowest BCUT2D eigenvalue weighted by molar-refractivity contribution is 0.0940. The summed E-state index contributed by atoms with van der Waals surface area (Å²) in [5, 5.41) is 6.61. The number of nitrogens with one attached hydrogen (secondary N) is 2. The molecule has 0 bridgehead atoms. The predicted molar refractivity (Wildman–Crippen MR) is 113 cm³/mol. The highest BCUT2D eigenvalue weighted by Gasteiger charge is 2.18. The quantitative estimate of drug-likeness (QED) is 0.498. The van der Waals surface area contributed by atoms with Crippen LogP contribution >= 0.6 is 0 Å². The maximum absolute atomic E-state index is 12.8. The van der Waals surface area contributed by atoms with E-state index in [0.29, 0.717) is 16.8 Å². The minimum atomic E-state index is -0.405. The molecular formula is C24H20N2O3. The Morgan fingerprint density at radius 3 is 2.31 bits per heavy atom. The molecule has 5 nitrogen and oxygen atoms in total. The molecule has 29 heavy (non-hydrogen) atoms. The Balaban J connectivity index is 1.53. The van der Waals surface area contributed by atoms with Crippen LogP contribution in [0.3, 0.4) is 0 Å². The maximum Gasteiger partial charge on any atom is 0.291 e. The molecule has 0 unspecified atom stereocenters. The summed E-state index contributed by atoms with van der Waals surface area (Å²) in [4.78, 5) is 25.5. The molecule has 0 saturated heterocycles. The Bertz CT molecular complexity index is 1130.